The summed E-state index contributed by atoms with van der Waals surface area (Å²) in [5.41, 5.74) is 7.34. The highest BCUT2D eigenvalue weighted by atomic mass is 35.5. The molecule has 0 radical (unpaired) electrons. The third kappa shape index (κ3) is 2.74. The minimum absolute atomic E-state index is 0.148. The number of nitriles is 2. The van der Waals surface area contributed by atoms with Gasteiger partial charge in [0.25, 0.3) is 5.82 Å². The predicted octanol–water partition coefficient (Wildman–Crippen LogP) is 2.55. The average molecular weight is 300 g/mol. The van der Waals surface area contributed by atoms with Gasteiger partial charge in [-0.25, -0.2) is 4.98 Å². The fraction of sp³-hybridized carbons (Fsp3) is 0.133. The summed E-state index contributed by atoms with van der Waals surface area (Å²) < 4.78 is 5.40. The zero-order valence-electron chi connectivity index (χ0n) is 11.3. The number of nitrogen functional groups attached to an aromatic ring is 1. The van der Waals surface area contributed by atoms with Crippen LogP contribution in [0.3, 0.4) is 0 Å². The van der Waals surface area contributed by atoms with Gasteiger partial charge in [-0.3, -0.25) is 5.73 Å². The topological polar surface area (TPSA) is 97.0 Å². The molecule has 0 unspecified atom stereocenters. The number of aromatic nitrogens is 1. The van der Waals surface area contributed by atoms with Gasteiger partial charge in [0.1, 0.15) is 17.7 Å². The van der Waals surface area contributed by atoms with Crippen LogP contribution in [0.1, 0.15) is 18.1 Å². The number of pyridine rings is 1. The van der Waals surface area contributed by atoms with Crippen LogP contribution in [0, 0.1) is 22.7 Å². The van der Waals surface area contributed by atoms with Crippen molar-refractivity contribution in [3.05, 3.63) is 40.4 Å². The Kier molecular flexibility index (Phi) is 4.27. The Hall–Kier alpha value is -2.76. The van der Waals surface area contributed by atoms with Gasteiger partial charge in [-0.05, 0) is 24.6 Å². The number of nitrogens with one attached hydrogen (secondary N) is 1. The Labute approximate surface area is 127 Å². The second-order valence-electron chi connectivity index (χ2n) is 4.16. The van der Waals surface area contributed by atoms with Crippen LogP contribution in [0.25, 0.3) is 11.1 Å². The predicted molar refractivity (Wildman–Crippen MR) is 78.5 cm³/mol. The van der Waals surface area contributed by atoms with Crippen LogP contribution in [-0.4, -0.2) is 6.61 Å². The molecule has 0 aliphatic carbocycles. The second-order valence-corrected chi connectivity index (χ2v) is 4.60. The Morgan fingerprint density at radius 2 is 2.00 bits per heavy atom. The molecule has 0 bridgehead atoms. The summed E-state index contributed by atoms with van der Waals surface area (Å²) in [4.78, 5) is 2.75. The fourth-order valence-electron chi connectivity index (χ4n) is 2.03. The van der Waals surface area contributed by atoms with Crippen LogP contribution in [0.5, 0.6) is 5.88 Å². The van der Waals surface area contributed by atoms with Gasteiger partial charge in [0, 0.05) is 10.6 Å². The van der Waals surface area contributed by atoms with E-state index in [4.69, 9.17) is 22.1 Å². The molecule has 0 saturated heterocycles. The molecule has 21 heavy (non-hydrogen) atoms. The fourth-order valence-corrected chi connectivity index (χ4v) is 2.22. The van der Waals surface area contributed by atoms with Crippen molar-refractivity contribution >= 4 is 17.4 Å². The van der Waals surface area contributed by atoms with Crippen LogP contribution >= 0.6 is 11.6 Å². The number of hydrogen-bond donors (Lipinski definition) is 1. The van der Waals surface area contributed by atoms with Gasteiger partial charge in [0.05, 0.1) is 6.61 Å². The summed E-state index contributed by atoms with van der Waals surface area (Å²) in [6.07, 6.45) is 0. The van der Waals surface area contributed by atoms with Crippen molar-refractivity contribution < 1.29 is 9.72 Å². The molecule has 0 aliphatic heterocycles. The molecule has 0 atom stereocenters. The van der Waals surface area contributed by atoms with E-state index in [1.807, 2.05) is 6.07 Å². The number of H-pyrrole nitrogens is 1. The lowest BCUT2D eigenvalue weighted by Crippen LogP contribution is -2.19. The Balaban J connectivity index is 2.85. The molecular formula is C15H12ClN4O+. The van der Waals surface area contributed by atoms with E-state index in [0.717, 1.165) is 0 Å². The van der Waals surface area contributed by atoms with Gasteiger partial charge in [-0.1, -0.05) is 23.7 Å². The molecule has 104 valence electrons. The first-order valence-corrected chi connectivity index (χ1v) is 6.57. The SMILES string of the molecule is CCOc1[nH+]c(N)c(C#N)c(-c2cccc(Cl)c2)c1C#N. The maximum atomic E-state index is 9.43. The van der Waals surface area contributed by atoms with E-state index in [2.05, 4.69) is 11.1 Å². The molecule has 0 fully saturated rings. The van der Waals surface area contributed by atoms with E-state index in [0.29, 0.717) is 22.8 Å². The first kappa shape index (κ1) is 14.6. The number of benzene rings is 1. The summed E-state index contributed by atoms with van der Waals surface area (Å²) in [5, 5.41) is 19.3. The molecule has 5 nitrogen and oxygen atoms in total. The largest absolute Gasteiger partial charge is 0.462 e. The third-order valence-electron chi connectivity index (χ3n) is 2.87. The smallest absolute Gasteiger partial charge is 0.301 e. The number of nitrogens with two attached hydrogens (primary N) is 1. The van der Waals surface area contributed by atoms with Crippen molar-refractivity contribution in [2.24, 2.45) is 0 Å². The van der Waals surface area contributed by atoms with Gasteiger partial charge in [-0.15, -0.1) is 0 Å². The van der Waals surface area contributed by atoms with Crippen LogP contribution in [0.4, 0.5) is 5.82 Å². The average Bonchev–Trinajstić information content (AvgIpc) is 2.47. The van der Waals surface area contributed by atoms with E-state index in [1.54, 1.807) is 31.2 Å². The first-order chi connectivity index (χ1) is 10.1. The van der Waals surface area contributed by atoms with Crippen molar-refractivity contribution in [3.63, 3.8) is 0 Å². The van der Waals surface area contributed by atoms with Gasteiger partial charge in [-0.2, -0.15) is 10.5 Å². The van der Waals surface area contributed by atoms with Crippen molar-refractivity contribution in [2.75, 3.05) is 12.3 Å². The van der Waals surface area contributed by atoms with Gasteiger partial charge in [0.15, 0.2) is 5.56 Å². The third-order valence-corrected chi connectivity index (χ3v) is 3.11. The maximum Gasteiger partial charge on any atom is 0.301 e. The number of rotatable bonds is 3. The summed E-state index contributed by atoms with van der Waals surface area (Å²) in [5.74, 6) is 0.390. The number of aromatic amines is 1. The molecule has 1 aromatic heterocycles. The van der Waals surface area contributed by atoms with E-state index in [9.17, 15) is 10.5 Å². The maximum absolute atomic E-state index is 9.43. The van der Waals surface area contributed by atoms with Gasteiger partial charge in [0.2, 0.25) is 0 Å². The molecule has 3 N–H and O–H groups in total. The molecule has 2 rings (SSSR count). The van der Waals surface area contributed by atoms with Crippen molar-refractivity contribution in [1.82, 2.24) is 0 Å². The summed E-state index contributed by atoms with van der Waals surface area (Å²) in [6, 6.07) is 11.0. The van der Waals surface area contributed by atoms with Crippen molar-refractivity contribution in [2.45, 2.75) is 6.92 Å². The Bertz CT molecular complexity index is 774. The lowest BCUT2D eigenvalue weighted by atomic mass is 9.96. The summed E-state index contributed by atoms with van der Waals surface area (Å²) in [7, 11) is 0. The molecule has 0 aliphatic rings. The molecule has 2 aromatic rings. The van der Waals surface area contributed by atoms with E-state index >= 15 is 0 Å². The minimum Gasteiger partial charge on any atom is -0.462 e. The normalized spacial score (nSPS) is 9.71. The molecule has 1 heterocycles. The number of ether oxygens (including phenoxy) is 1. The molecule has 0 amide bonds. The number of nitrogens with zero attached hydrogens (tertiary/aromatic N) is 2. The first-order valence-electron chi connectivity index (χ1n) is 6.20. The highest BCUT2D eigenvalue weighted by Gasteiger charge is 2.24. The molecule has 6 heteroatoms. The van der Waals surface area contributed by atoms with E-state index < -0.39 is 0 Å². The highest BCUT2D eigenvalue weighted by Crippen LogP contribution is 2.33. The molecule has 0 saturated carbocycles. The summed E-state index contributed by atoms with van der Waals surface area (Å²) >= 11 is 5.99. The van der Waals surface area contributed by atoms with E-state index in [1.165, 1.54) is 0 Å². The lowest BCUT2D eigenvalue weighted by Gasteiger charge is -2.10. The van der Waals surface area contributed by atoms with Crippen LogP contribution < -0.4 is 15.5 Å². The standard InChI is InChI=1S/C15H11ClN4O/c1-2-21-15-12(8-18)13(11(7-17)14(19)20-15)9-4-3-5-10(16)6-9/h3-6H,2H2,1H3,(H2,19,20)/p+1. The highest BCUT2D eigenvalue weighted by molar-refractivity contribution is 6.30. The van der Waals surface area contributed by atoms with Crippen molar-refractivity contribution in [3.8, 4) is 29.1 Å². The second kappa shape index (κ2) is 6.13. The van der Waals surface area contributed by atoms with Crippen molar-refractivity contribution in [1.29, 1.82) is 10.5 Å². The van der Waals surface area contributed by atoms with Gasteiger partial charge < -0.3 is 4.74 Å². The molecular weight excluding hydrogens is 288 g/mol. The zero-order valence-corrected chi connectivity index (χ0v) is 12.0. The van der Waals surface area contributed by atoms with Crippen LogP contribution in [0.15, 0.2) is 24.3 Å². The quantitative estimate of drug-likeness (QED) is 0.941. The van der Waals surface area contributed by atoms with Gasteiger partial charge >= 0.3 is 5.88 Å². The Morgan fingerprint density at radius 1 is 1.29 bits per heavy atom. The zero-order chi connectivity index (χ0) is 15.4. The monoisotopic (exact) mass is 299 g/mol. The lowest BCUT2D eigenvalue weighted by molar-refractivity contribution is -0.377. The van der Waals surface area contributed by atoms with E-state index in [-0.39, 0.29) is 22.8 Å². The summed E-state index contributed by atoms with van der Waals surface area (Å²) in [6.45, 7) is 2.16. The molecule has 1 aromatic carbocycles. The number of halogens is 1. The number of anilines is 1. The Morgan fingerprint density at radius 3 is 2.57 bits per heavy atom. The van der Waals surface area contributed by atoms with Crippen LogP contribution in [-0.2, 0) is 0 Å². The number of hydrogen-bond acceptors (Lipinski definition) is 4. The van der Waals surface area contributed by atoms with Crippen LogP contribution in [0.2, 0.25) is 5.02 Å². The minimum atomic E-state index is 0.148. The molecule has 0 spiro atoms.